The van der Waals surface area contributed by atoms with Gasteiger partial charge in [-0.05, 0) is 55.2 Å². The molecule has 1 aliphatic rings. The molecular weight excluding hydrogens is 246 g/mol. The Morgan fingerprint density at radius 3 is 2.60 bits per heavy atom. The van der Waals surface area contributed by atoms with E-state index >= 15 is 0 Å². The molecule has 0 amide bonds. The van der Waals surface area contributed by atoms with Crippen molar-refractivity contribution in [2.24, 2.45) is 11.1 Å². The highest BCUT2D eigenvalue weighted by molar-refractivity contribution is 5.27. The fourth-order valence-electron chi connectivity index (χ4n) is 3.03. The number of unbranched alkanes of at least 4 members (excludes halogenated alkanes) is 1. The van der Waals surface area contributed by atoms with Gasteiger partial charge in [-0.15, -0.1) is 0 Å². The van der Waals surface area contributed by atoms with Gasteiger partial charge in [0.2, 0.25) is 0 Å². The zero-order chi connectivity index (χ0) is 14.6. The minimum absolute atomic E-state index is 0.121. The van der Waals surface area contributed by atoms with Crippen LogP contribution in [0.15, 0.2) is 24.3 Å². The highest BCUT2D eigenvalue weighted by atomic mass is 16.5. The Morgan fingerprint density at radius 1 is 1.25 bits per heavy atom. The third kappa shape index (κ3) is 3.76. The lowest BCUT2D eigenvalue weighted by molar-refractivity contribution is 0.0567. The molecule has 112 valence electrons. The van der Waals surface area contributed by atoms with E-state index in [-0.39, 0.29) is 17.6 Å². The van der Waals surface area contributed by atoms with Crippen LogP contribution < -0.4 is 10.5 Å². The summed E-state index contributed by atoms with van der Waals surface area (Å²) in [7, 11) is 0. The zero-order valence-corrected chi connectivity index (χ0v) is 13.2. The summed E-state index contributed by atoms with van der Waals surface area (Å²) >= 11 is 0. The lowest BCUT2D eigenvalue weighted by Gasteiger charge is -2.41. The van der Waals surface area contributed by atoms with Gasteiger partial charge in [-0.25, -0.2) is 0 Å². The van der Waals surface area contributed by atoms with Gasteiger partial charge in [0.15, 0.2) is 0 Å². The first-order valence-corrected chi connectivity index (χ1v) is 8.04. The Bertz CT molecular complexity index is 410. The van der Waals surface area contributed by atoms with E-state index in [1.807, 2.05) is 0 Å². The molecule has 0 bridgehead atoms. The summed E-state index contributed by atoms with van der Waals surface area (Å²) in [5.41, 5.74) is 7.96. The molecule has 2 atom stereocenters. The van der Waals surface area contributed by atoms with Gasteiger partial charge in [-0.3, -0.25) is 0 Å². The molecule has 1 aromatic carbocycles. The lowest BCUT2D eigenvalue weighted by Crippen LogP contribution is -2.51. The maximum absolute atomic E-state index is 6.38. The molecule has 1 saturated carbocycles. The smallest absolute Gasteiger partial charge is 0.119 e. The fraction of sp³-hybridized carbons (Fsp3) is 0.667. The van der Waals surface area contributed by atoms with Gasteiger partial charge in [0.25, 0.3) is 0 Å². The van der Waals surface area contributed by atoms with Crippen molar-refractivity contribution in [3.8, 4) is 5.75 Å². The Hall–Kier alpha value is -1.02. The van der Waals surface area contributed by atoms with Crippen LogP contribution in [-0.2, 0) is 6.42 Å². The number of benzene rings is 1. The van der Waals surface area contributed by atoms with Gasteiger partial charge in [-0.1, -0.05) is 39.3 Å². The zero-order valence-electron chi connectivity index (χ0n) is 13.2. The molecule has 0 aromatic heterocycles. The number of hydrogen-bond acceptors (Lipinski definition) is 2. The number of nitrogens with two attached hydrogens (primary N) is 1. The lowest BCUT2D eigenvalue weighted by atomic mass is 9.72. The molecular formula is C18H29NO. The summed E-state index contributed by atoms with van der Waals surface area (Å²) < 4.78 is 6.14. The largest absolute Gasteiger partial charge is 0.489 e. The summed E-state index contributed by atoms with van der Waals surface area (Å²) in [5.74, 6) is 0.961. The third-order valence-corrected chi connectivity index (χ3v) is 4.64. The van der Waals surface area contributed by atoms with Crippen LogP contribution in [0.25, 0.3) is 0 Å². The van der Waals surface area contributed by atoms with Crippen LogP contribution in [0.3, 0.4) is 0 Å². The van der Waals surface area contributed by atoms with E-state index in [0.29, 0.717) is 0 Å². The van der Waals surface area contributed by atoms with Crippen molar-refractivity contribution in [3.63, 3.8) is 0 Å². The van der Waals surface area contributed by atoms with Crippen LogP contribution in [0.1, 0.15) is 58.4 Å². The number of aryl methyl sites for hydroxylation is 1. The molecule has 2 heteroatoms. The highest BCUT2D eigenvalue weighted by Gasteiger charge is 2.37. The quantitative estimate of drug-likeness (QED) is 0.869. The van der Waals surface area contributed by atoms with Gasteiger partial charge in [-0.2, -0.15) is 0 Å². The maximum atomic E-state index is 6.38. The third-order valence-electron chi connectivity index (χ3n) is 4.64. The average molecular weight is 275 g/mol. The maximum Gasteiger partial charge on any atom is 0.119 e. The van der Waals surface area contributed by atoms with Gasteiger partial charge in [0.1, 0.15) is 11.9 Å². The van der Waals surface area contributed by atoms with Gasteiger partial charge in [0.05, 0.1) is 0 Å². The van der Waals surface area contributed by atoms with Crippen LogP contribution in [0.5, 0.6) is 5.75 Å². The average Bonchev–Trinajstić information content (AvgIpc) is 2.43. The molecule has 20 heavy (non-hydrogen) atoms. The molecule has 1 aliphatic carbocycles. The van der Waals surface area contributed by atoms with Crippen LogP contribution in [0.2, 0.25) is 0 Å². The molecule has 2 nitrogen and oxygen atoms in total. The SMILES string of the molecule is CCCCc1ccc(OC2CCCC(C)(C)C2N)cc1. The Morgan fingerprint density at radius 2 is 1.95 bits per heavy atom. The van der Waals surface area contributed by atoms with Gasteiger partial charge >= 0.3 is 0 Å². The Labute approximate surface area is 123 Å². The normalized spacial score (nSPS) is 25.4. The van der Waals surface area contributed by atoms with Crippen molar-refractivity contribution in [3.05, 3.63) is 29.8 Å². The first kappa shape index (κ1) is 15.4. The van der Waals surface area contributed by atoms with Crippen LogP contribution in [-0.4, -0.2) is 12.1 Å². The van der Waals surface area contributed by atoms with Crippen molar-refractivity contribution < 1.29 is 4.74 Å². The van der Waals surface area contributed by atoms with Crippen molar-refractivity contribution in [2.75, 3.05) is 0 Å². The van der Waals surface area contributed by atoms with Gasteiger partial charge < -0.3 is 10.5 Å². The van der Waals surface area contributed by atoms with Crippen molar-refractivity contribution in [1.82, 2.24) is 0 Å². The second-order valence-electron chi connectivity index (χ2n) is 6.81. The first-order chi connectivity index (χ1) is 9.53. The highest BCUT2D eigenvalue weighted by Crippen LogP contribution is 2.36. The summed E-state index contributed by atoms with van der Waals surface area (Å²) in [6.45, 7) is 6.73. The molecule has 0 aliphatic heterocycles. The topological polar surface area (TPSA) is 35.2 Å². The molecule has 0 saturated heterocycles. The standard InChI is InChI=1S/C18H29NO/c1-4-5-7-14-9-11-15(12-10-14)20-16-8-6-13-18(2,3)17(16)19/h9-12,16-17H,4-8,13,19H2,1-3H3. The number of rotatable bonds is 5. The second-order valence-corrected chi connectivity index (χ2v) is 6.81. The molecule has 1 aromatic rings. The van der Waals surface area contributed by atoms with E-state index in [1.165, 1.54) is 31.2 Å². The predicted molar refractivity (Wildman–Crippen MR) is 85.1 cm³/mol. The van der Waals surface area contributed by atoms with Crippen molar-refractivity contribution in [1.29, 1.82) is 0 Å². The Kier molecular flexibility index (Phi) is 5.09. The molecule has 2 unspecified atom stereocenters. The van der Waals surface area contributed by atoms with Crippen LogP contribution in [0, 0.1) is 5.41 Å². The summed E-state index contributed by atoms with van der Waals surface area (Å²) in [5, 5.41) is 0. The molecule has 2 rings (SSSR count). The van der Waals surface area contributed by atoms with E-state index in [0.717, 1.165) is 18.6 Å². The molecule has 2 N–H and O–H groups in total. The molecule has 0 spiro atoms. The summed E-state index contributed by atoms with van der Waals surface area (Å²) in [6, 6.07) is 8.68. The minimum atomic E-state index is 0.121. The molecule has 0 heterocycles. The Balaban J connectivity index is 1.95. The predicted octanol–water partition coefficient (Wildman–Crippen LogP) is 4.31. The van der Waals surface area contributed by atoms with Crippen molar-refractivity contribution >= 4 is 0 Å². The van der Waals surface area contributed by atoms with Crippen LogP contribution >= 0.6 is 0 Å². The van der Waals surface area contributed by atoms with E-state index in [2.05, 4.69) is 45.0 Å². The van der Waals surface area contributed by atoms with Crippen molar-refractivity contribution in [2.45, 2.75) is 71.4 Å². The summed E-state index contributed by atoms with van der Waals surface area (Å²) in [6.07, 6.45) is 7.28. The minimum Gasteiger partial charge on any atom is -0.489 e. The van der Waals surface area contributed by atoms with E-state index in [1.54, 1.807) is 0 Å². The first-order valence-electron chi connectivity index (χ1n) is 8.04. The fourth-order valence-corrected chi connectivity index (χ4v) is 3.03. The summed E-state index contributed by atoms with van der Waals surface area (Å²) in [4.78, 5) is 0. The second kappa shape index (κ2) is 6.62. The number of hydrogen-bond donors (Lipinski definition) is 1. The van der Waals surface area contributed by atoms with Crippen LogP contribution in [0.4, 0.5) is 0 Å². The number of ether oxygens (including phenoxy) is 1. The monoisotopic (exact) mass is 275 g/mol. The molecule has 0 radical (unpaired) electrons. The van der Waals surface area contributed by atoms with E-state index in [9.17, 15) is 0 Å². The van der Waals surface area contributed by atoms with E-state index in [4.69, 9.17) is 10.5 Å². The molecule has 1 fully saturated rings. The van der Waals surface area contributed by atoms with E-state index < -0.39 is 0 Å². The van der Waals surface area contributed by atoms with Gasteiger partial charge in [0, 0.05) is 6.04 Å².